The Labute approximate surface area is 138 Å². The van der Waals surface area contributed by atoms with Crippen LogP contribution >= 0.6 is 0 Å². The van der Waals surface area contributed by atoms with E-state index >= 15 is 0 Å². The predicted molar refractivity (Wildman–Crippen MR) is 90.4 cm³/mol. The second-order valence-corrected chi connectivity index (χ2v) is 8.01. The Kier molecular flexibility index (Phi) is 6.04. The van der Waals surface area contributed by atoms with Crippen molar-refractivity contribution in [3.8, 4) is 5.75 Å². The number of aryl methyl sites for hydroxylation is 1. The number of hydrogen-bond acceptors (Lipinski definition) is 4. The second-order valence-electron chi connectivity index (χ2n) is 5.78. The number of rotatable bonds is 7. The molecular formula is C17H25NO4S. The molecule has 0 radical (unpaired) electrons. The lowest BCUT2D eigenvalue weighted by Crippen LogP contribution is -2.41. The van der Waals surface area contributed by atoms with Gasteiger partial charge in [0.2, 0.25) is 5.91 Å². The maximum atomic E-state index is 12.5. The van der Waals surface area contributed by atoms with E-state index in [1.807, 2.05) is 38.1 Å². The largest absolute Gasteiger partial charge is 0.494 e. The van der Waals surface area contributed by atoms with Gasteiger partial charge in [-0.3, -0.25) is 4.79 Å². The molecule has 1 aliphatic rings. The van der Waals surface area contributed by atoms with Gasteiger partial charge >= 0.3 is 0 Å². The Morgan fingerprint density at radius 1 is 1.30 bits per heavy atom. The highest BCUT2D eigenvalue weighted by molar-refractivity contribution is 7.91. The lowest BCUT2D eigenvalue weighted by Gasteiger charge is -2.27. The molecule has 1 fully saturated rings. The number of carbonyl (C=O) groups excluding carboxylic acids is 1. The summed E-state index contributed by atoms with van der Waals surface area (Å²) in [5.74, 6) is 1.12. The summed E-state index contributed by atoms with van der Waals surface area (Å²) in [6, 6.07) is 7.56. The van der Waals surface area contributed by atoms with Crippen molar-refractivity contribution in [2.24, 2.45) is 0 Å². The number of amides is 1. The molecular weight excluding hydrogens is 314 g/mol. The van der Waals surface area contributed by atoms with Gasteiger partial charge < -0.3 is 9.64 Å². The van der Waals surface area contributed by atoms with Crippen molar-refractivity contribution in [1.82, 2.24) is 4.90 Å². The molecule has 0 aromatic heterocycles. The Hall–Kier alpha value is -1.56. The third kappa shape index (κ3) is 4.70. The van der Waals surface area contributed by atoms with Crippen LogP contribution in [-0.4, -0.2) is 49.9 Å². The minimum absolute atomic E-state index is 0.0147. The zero-order valence-corrected chi connectivity index (χ0v) is 14.6. The van der Waals surface area contributed by atoms with E-state index in [9.17, 15) is 13.2 Å². The summed E-state index contributed by atoms with van der Waals surface area (Å²) in [7, 11) is -2.98. The van der Waals surface area contributed by atoms with Crippen LogP contribution in [-0.2, 0) is 21.1 Å². The molecule has 0 aliphatic carbocycles. The standard InChI is InChI=1S/C17H25NO4S/c1-3-18(15-11-12-23(20,21)13-15)17(19)10-9-14-7-5-6-8-16(14)22-4-2/h5-8,15H,3-4,9-13H2,1-2H3. The molecule has 2 rings (SSSR count). The molecule has 0 bridgehead atoms. The van der Waals surface area contributed by atoms with Crippen LogP contribution < -0.4 is 4.74 Å². The van der Waals surface area contributed by atoms with Gasteiger partial charge in [0.15, 0.2) is 9.84 Å². The zero-order valence-electron chi connectivity index (χ0n) is 13.8. The molecule has 5 nitrogen and oxygen atoms in total. The molecule has 0 saturated carbocycles. The lowest BCUT2D eigenvalue weighted by atomic mass is 10.1. The Bertz CT molecular complexity index is 642. The number of ether oxygens (including phenoxy) is 1. The van der Waals surface area contributed by atoms with Crippen LogP contribution in [0.2, 0.25) is 0 Å². The van der Waals surface area contributed by atoms with Crippen molar-refractivity contribution in [3.63, 3.8) is 0 Å². The third-order valence-electron chi connectivity index (χ3n) is 4.19. The van der Waals surface area contributed by atoms with Gasteiger partial charge in [0.05, 0.1) is 18.1 Å². The van der Waals surface area contributed by atoms with Crippen LogP contribution in [0.25, 0.3) is 0 Å². The molecule has 1 aliphatic heterocycles. The number of hydrogen-bond donors (Lipinski definition) is 0. The first-order valence-electron chi connectivity index (χ1n) is 8.17. The summed E-state index contributed by atoms with van der Waals surface area (Å²) in [6.07, 6.45) is 1.52. The van der Waals surface area contributed by atoms with Gasteiger partial charge in [-0.2, -0.15) is 0 Å². The first-order chi connectivity index (χ1) is 11.0. The van der Waals surface area contributed by atoms with Crippen LogP contribution in [0.5, 0.6) is 5.75 Å². The summed E-state index contributed by atoms with van der Waals surface area (Å²) in [4.78, 5) is 14.2. The van der Waals surface area contributed by atoms with Crippen molar-refractivity contribution in [2.75, 3.05) is 24.7 Å². The van der Waals surface area contributed by atoms with Crippen LogP contribution in [0.1, 0.15) is 32.3 Å². The lowest BCUT2D eigenvalue weighted by molar-refractivity contribution is -0.132. The van der Waals surface area contributed by atoms with Gasteiger partial charge in [-0.15, -0.1) is 0 Å². The normalized spacial score (nSPS) is 19.5. The van der Waals surface area contributed by atoms with Gasteiger partial charge in [-0.05, 0) is 38.3 Å². The van der Waals surface area contributed by atoms with E-state index < -0.39 is 9.84 Å². The molecule has 6 heteroatoms. The maximum Gasteiger partial charge on any atom is 0.223 e. The molecule has 0 spiro atoms. The highest BCUT2D eigenvalue weighted by Gasteiger charge is 2.33. The zero-order chi connectivity index (χ0) is 16.9. The summed E-state index contributed by atoms with van der Waals surface area (Å²) < 4.78 is 28.8. The molecule has 23 heavy (non-hydrogen) atoms. The van der Waals surface area contributed by atoms with Crippen molar-refractivity contribution in [3.05, 3.63) is 29.8 Å². The van der Waals surface area contributed by atoms with Crippen LogP contribution in [0, 0.1) is 0 Å². The van der Waals surface area contributed by atoms with Crippen LogP contribution in [0.4, 0.5) is 0 Å². The van der Waals surface area contributed by atoms with E-state index in [0.717, 1.165) is 11.3 Å². The van der Waals surface area contributed by atoms with Crippen molar-refractivity contribution < 1.29 is 17.9 Å². The smallest absolute Gasteiger partial charge is 0.223 e. The van der Waals surface area contributed by atoms with Gasteiger partial charge in [0.1, 0.15) is 5.75 Å². The maximum absolute atomic E-state index is 12.5. The van der Waals surface area contributed by atoms with Crippen LogP contribution in [0.3, 0.4) is 0 Å². The first kappa shape index (κ1) is 17.8. The number of benzene rings is 1. The summed E-state index contributed by atoms with van der Waals surface area (Å²) in [5, 5.41) is 0. The highest BCUT2D eigenvalue weighted by Crippen LogP contribution is 2.22. The molecule has 1 atom stereocenters. The average Bonchev–Trinajstić information content (AvgIpc) is 2.87. The van der Waals surface area contributed by atoms with Crippen molar-refractivity contribution >= 4 is 15.7 Å². The second kappa shape index (κ2) is 7.81. The molecule has 1 heterocycles. The molecule has 1 amide bonds. The monoisotopic (exact) mass is 339 g/mol. The Morgan fingerprint density at radius 2 is 2.04 bits per heavy atom. The summed E-state index contributed by atoms with van der Waals surface area (Å²) in [5.41, 5.74) is 1.01. The van der Waals surface area contributed by atoms with Gasteiger partial charge in [0, 0.05) is 19.0 Å². The fourth-order valence-corrected chi connectivity index (χ4v) is 4.78. The first-order valence-corrected chi connectivity index (χ1v) is 9.99. The Morgan fingerprint density at radius 3 is 2.65 bits per heavy atom. The molecule has 1 aromatic rings. The average molecular weight is 339 g/mol. The molecule has 1 unspecified atom stereocenters. The molecule has 128 valence electrons. The van der Waals surface area contributed by atoms with E-state index in [1.54, 1.807) is 4.90 Å². The van der Waals surface area contributed by atoms with Crippen LogP contribution in [0.15, 0.2) is 24.3 Å². The number of nitrogens with zero attached hydrogens (tertiary/aromatic N) is 1. The molecule has 1 saturated heterocycles. The van der Waals surface area contributed by atoms with Gasteiger partial charge in [0.25, 0.3) is 0 Å². The number of sulfone groups is 1. The minimum atomic E-state index is -2.98. The minimum Gasteiger partial charge on any atom is -0.494 e. The van der Waals surface area contributed by atoms with Gasteiger partial charge in [-0.25, -0.2) is 8.42 Å². The number of para-hydroxylation sites is 1. The van der Waals surface area contributed by atoms with Gasteiger partial charge in [-0.1, -0.05) is 18.2 Å². The highest BCUT2D eigenvalue weighted by atomic mass is 32.2. The van der Waals surface area contributed by atoms with E-state index in [0.29, 0.717) is 32.4 Å². The van der Waals surface area contributed by atoms with Crippen molar-refractivity contribution in [1.29, 1.82) is 0 Å². The van der Waals surface area contributed by atoms with E-state index in [1.165, 1.54) is 0 Å². The van der Waals surface area contributed by atoms with E-state index in [4.69, 9.17) is 4.74 Å². The quantitative estimate of drug-likeness (QED) is 0.763. The summed E-state index contributed by atoms with van der Waals surface area (Å²) in [6.45, 7) is 4.97. The molecule has 1 aromatic carbocycles. The number of carbonyl (C=O) groups is 1. The van der Waals surface area contributed by atoms with E-state index in [-0.39, 0.29) is 23.5 Å². The summed E-state index contributed by atoms with van der Waals surface area (Å²) >= 11 is 0. The fraction of sp³-hybridized carbons (Fsp3) is 0.588. The predicted octanol–water partition coefficient (Wildman–Crippen LogP) is 2.05. The van der Waals surface area contributed by atoms with E-state index in [2.05, 4.69) is 0 Å². The fourth-order valence-electron chi connectivity index (χ4n) is 3.05. The third-order valence-corrected chi connectivity index (χ3v) is 5.94. The Balaban J connectivity index is 1.98. The van der Waals surface area contributed by atoms with Crippen molar-refractivity contribution in [2.45, 2.75) is 39.2 Å². The topological polar surface area (TPSA) is 63.7 Å². The molecule has 0 N–H and O–H groups in total. The SMILES string of the molecule is CCOc1ccccc1CCC(=O)N(CC)C1CCS(=O)(=O)C1.